The topological polar surface area (TPSA) is 20.3 Å². The van der Waals surface area contributed by atoms with E-state index in [1.54, 1.807) is 19.1 Å². The summed E-state index contributed by atoms with van der Waals surface area (Å²) in [6.07, 6.45) is 0. The summed E-state index contributed by atoms with van der Waals surface area (Å²) in [5.41, 5.74) is 2.35. The van der Waals surface area contributed by atoms with Crippen molar-refractivity contribution in [1.29, 1.82) is 0 Å². The van der Waals surface area contributed by atoms with Crippen molar-refractivity contribution in [2.75, 3.05) is 11.9 Å². The van der Waals surface area contributed by atoms with Crippen molar-refractivity contribution in [2.45, 2.75) is 13.5 Å². The van der Waals surface area contributed by atoms with Gasteiger partial charge < -0.3 is 4.90 Å². The predicted molar refractivity (Wildman–Crippen MR) is 82.7 cm³/mol. The van der Waals surface area contributed by atoms with Gasteiger partial charge >= 0.3 is 0 Å². The van der Waals surface area contributed by atoms with Crippen molar-refractivity contribution in [2.24, 2.45) is 0 Å². The maximum Gasteiger partial charge on any atom is 0.161 e. The van der Waals surface area contributed by atoms with E-state index in [9.17, 15) is 9.18 Å². The van der Waals surface area contributed by atoms with Crippen molar-refractivity contribution in [3.05, 3.63) is 63.9 Å². The molecular formula is C16H15BrFNO. The molecule has 0 aliphatic rings. The Morgan fingerprint density at radius 1 is 1.25 bits per heavy atom. The number of Topliss-reactive ketones (excluding diaryl/α,β-unsaturated/α-hetero) is 1. The minimum atomic E-state index is -0.253. The Hall–Kier alpha value is -1.68. The standard InChI is InChI=1S/C16H15BrFNO/c1-11(20)15-7-6-13(17)9-16(15)19(2)10-12-4-3-5-14(18)8-12/h3-9H,10H2,1-2H3. The molecule has 0 N–H and O–H groups in total. The Kier molecular flexibility index (Phi) is 4.55. The molecule has 0 spiro atoms. The van der Waals surface area contributed by atoms with Crippen LogP contribution in [0.1, 0.15) is 22.8 Å². The predicted octanol–water partition coefficient (Wildman–Crippen LogP) is 4.43. The Bertz CT molecular complexity index is 642. The van der Waals surface area contributed by atoms with Gasteiger partial charge in [-0.3, -0.25) is 4.79 Å². The lowest BCUT2D eigenvalue weighted by Gasteiger charge is -2.22. The maximum absolute atomic E-state index is 13.2. The van der Waals surface area contributed by atoms with Gasteiger partial charge in [0.15, 0.2) is 5.78 Å². The van der Waals surface area contributed by atoms with Crippen molar-refractivity contribution in [1.82, 2.24) is 0 Å². The van der Waals surface area contributed by atoms with E-state index in [1.165, 1.54) is 12.1 Å². The number of hydrogen-bond donors (Lipinski definition) is 0. The van der Waals surface area contributed by atoms with Crippen molar-refractivity contribution < 1.29 is 9.18 Å². The first-order valence-electron chi connectivity index (χ1n) is 6.23. The fraction of sp³-hybridized carbons (Fsp3) is 0.188. The molecule has 0 atom stereocenters. The lowest BCUT2D eigenvalue weighted by molar-refractivity contribution is 0.101. The smallest absolute Gasteiger partial charge is 0.161 e. The van der Waals surface area contributed by atoms with Crippen LogP contribution in [0, 0.1) is 5.82 Å². The van der Waals surface area contributed by atoms with Crippen LogP contribution in [0.3, 0.4) is 0 Å². The second kappa shape index (κ2) is 6.18. The van der Waals surface area contributed by atoms with Crippen LogP contribution in [-0.4, -0.2) is 12.8 Å². The first kappa shape index (κ1) is 14.7. The summed E-state index contributed by atoms with van der Waals surface area (Å²) < 4.78 is 14.1. The Balaban J connectivity index is 2.31. The number of ketones is 1. The third kappa shape index (κ3) is 3.45. The van der Waals surface area contributed by atoms with Crippen LogP contribution >= 0.6 is 15.9 Å². The molecule has 2 aromatic carbocycles. The van der Waals surface area contributed by atoms with Gasteiger partial charge in [0.25, 0.3) is 0 Å². The first-order chi connectivity index (χ1) is 9.47. The fourth-order valence-corrected chi connectivity index (χ4v) is 2.46. The highest BCUT2D eigenvalue weighted by Crippen LogP contribution is 2.26. The van der Waals surface area contributed by atoms with Crippen molar-refractivity contribution in [3.8, 4) is 0 Å². The first-order valence-corrected chi connectivity index (χ1v) is 7.03. The van der Waals surface area contributed by atoms with Crippen LogP contribution in [0.15, 0.2) is 46.9 Å². The summed E-state index contributed by atoms with van der Waals surface area (Å²) in [4.78, 5) is 13.6. The van der Waals surface area contributed by atoms with E-state index in [0.717, 1.165) is 15.7 Å². The molecule has 0 unspecified atom stereocenters. The molecule has 0 saturated carbocycles. The molecule has 2 aromatic rings. The summed E-state index contributed by atoms with van der Waals surface area (Å²) in [6, 6.07) is 12.0. The van der Waals surface area contributed by atoms with E-state index in [0.29, 0.717) is 12.1 Å². The molecule has 0 bridgehead atoms. The van der Waals surface area contributed by atoms with Crippen molar-refractivity contribution >= 4 is 27.4 Å². The van der Waals surface area contributed by atoms with Gasteiger partial charge in [0.1, 0.15) is 5.82 Å². The van der Waals surface area contributed by atoms with Gasteiger partial charge in [0.2, 0.25) is 0 Å². The highest BCUT2D eigenvalue weighted by atomic mass is 79.9. The van der Waals surface area contributed by atoms with Gasteiger partial charge in [-0.25, -0.2) is 4.39 Å². The average molecular weight is 336 g/mol. The van der Waals surface area contributed by atoms with Crippen LogP contribution < -0.4 is 4.90 Å². The fourth-order valence-electron chi connectivity index (χ4n) is 2.11. The molecule has 20 heavy (non-hydrogen) atoms. The summed E-state index contributed by atoms with van der Waals surface area (Å²) >= 11 is 3.41. The van der Waals surface area contributed by atoms with Crippen LogP contribution in [0.4, 0.5) is 10.1 Å². The van der Waals surface area contributed by atoms with Gasteiger partial charge in [0.05, 0.1) is 0 Å². The summed E-state index contributed by atoms with van der Waals surface area (Å²) in [5.74, 6) is -0.240. The van der Waals surface area contributed by atoms with Crippen LogP contribution in [-0.2, 0) is 6.54 Å². The minimum Gasteiger partial charge on any atom is -0.370 e. The highest BCUT2D eigenvalue weighted by molar-refractivity contribution is 9.10. The quantitative estimate of drug-likeness (QED) is 0.770. The lowest BCUT2D eigenvalue weighted by atomic mass is 10.1. The zero-order valence-corrected chi connectivity index (χ0v) is 12.9. The molecule has 0 aliphatic carbocycles. The molecule has 4 heteroatoms. The summed E-state index contributed by atoms with van der Waals surface area (Å²) in [7, 11) is 1.89. The number of benzene rings is 2. The molecule has 0 aliphatic heterocycles. The monoisotopic (exact) mass is 335 g/mol. The molecule has 2 rings (SSSR count). The number of carbonyl (C=O) groups is 1. The second-order valence-corrected chi connectivity index (χ2v) is 5.62. The van der Waals surface area contributed by atoms with Gasteiger partial charge in [-0.05, 0) is 42.8 Å². The number of anilines is 1. The van der Waals surface area contributed by atoms with Crippen molar-refractivity contribution in [3.63, 3.8) is 0 Å². The van der Waals surface area contributed by atoms with Crippen LogP contribution in [0.25, 0.3) is 0 Å². The molecule has 0 heterocycles. The highest BCUT2D eigenvalue weighted by Gasteiger charge is 2.12. The molecule has 104 valence electrons. The Morgan fingerprint density at radius 2 is 2.00 bits per heavy atom. The number of halogens is 2. The molecule has 0 amide bonds. The molecule has 0 aromatic heterocycles. The zero-order chi connectivity index (χ0) is 14.7. The maximum atomic E-state index is 13.2. The SMILES string of the molecule is CC(=O)c1ccc(Br)cc1N(C)Cc1cccc(F)c1. The van der Waals surface area contributed by atoms with E-state index < -0.39 is 0 Å². The molecular weight excluding hydrogens is 321 g/mol. The number of hydrogen-bond acceptors (Lipinski definition) is 2. The number of rotatable bonds is 4. The normalized spacial score (nSPS) is 10.4. The Labute approximate surface area is 126 Å². The van der Waals surface area contributed by atoms with Gasteiger partial charge in [-0.15, -0.1) is 0 Å². The molecule has 0 radical (unpaired) electrons. The largest absolute Gasteiger partial charge is 0.370 e. The molecule has 2 nitrogen and oxygen atoms in total. The second-order valence-electron chi connectivity index (χ2n) is 4.70. The van der Waals surface area contributed by atoms with E-state index in [4.69, 9.17) is 0 Å². The molecule has 0 saturated heterocycles. The van der Waals surface area contributed by atoms with Crippen LogP contribution in [0.5, 0.6) is 0 Å². The average Bonchev–Trinajstić information content (AvgIpc) is 2.38. The molecule has 0 fully saturated rings. The summed E-state index contributed by atoms with van der Waals surface area (Å²) in [6.45, 7) is 2.08. The van der Waals surface area contributed by atoms with Crippen LogP contribution in [0.2, 0.25) is 0 Å². The van der Waals surface area contributed by atoms with Gasteiger partial charge in [0, 0.05) is 29.3 Å². The third-order valence-electron chi connectivity index (χ3n) is 3.06. The van der Waals surface area contributed by atoms with E-state index in [-0.39, 0.29) is 11.6 Å². The third-order valence-corrected chi connectivity index (χ3v) is 3.55. The number of carbonyl (C=O) groups excluding carboxylic acids is 1. The lowest BCUT2D eigenvalue weighted by Crippen LogP contribution is -2.19. The van der Waals surface area contributed by atoms with E-state index >= 15 is 0 Å². The Morgan fingerprint density at radius 3 is 2.65 bits per heavy atom. The minimum absolute atomic E-state index is 0.0126. The van der Waals surface area contributed by atoms with E-state index in [1.807, 2.05) is 30.1 Å². The van der Waals surface area contributed by atoms with E-state index in [2.05, 4.69) is 15.9 Å². The summed E-state index contributed by atoms with van der Waals surface area (Å²) in [5, 5.41) is 0. The number of nitrogens with zero attached hydrogens (tertiary/aromatic N) is 1. The zero-order valence-electron chi connectivity index (χ0n) is 11.4. The van der Waals surface area contributed by atoms with Gasteiger partial charge in [-0.2, -0.15) is 0 Å². The van der Waals surface area contributed by atoms with Gasteiger partial charge in [-0.1, -0.05) is 28.1 Å².